The Morgan fingerprint density at radius 2 is 2.17 bits per heavy atom. The van der Waals surface area contributed by atoms with Gasteiger partial charge in [-0.05, 0) is 33.1 Å². The quantitative estimate of drug-likeness (QED) is 0.653. The Labute approximate surface area is 73.7 Å². The van der Waals surface area contributed by atoms with Crippen LogP contribution in [0.15, 0.2) is 0 Å². The summed E-state index contributed by atoms with van der Waals surface area (Å²) in [5.74, 6) is -0.399. The fourth-order valence-electron chi connectivity index (χ4n) is 1.39. The SMILES string of the molecule is CC1(C)OC[C@@H](CCCCO)O1. The zero-order chi connectivity index (χ0) is 9.03. The van der Waals surface area contributed by atoms with Gasteiger partial charge in [0.05, 0.1) is 12.7 Å². The number of hydrogen-bond acceptors (Lipinski definition) is 3. The fraction of sp³-hybridized carbons (Fsp3) is 1.00. The van der Waals surface area contributed by atoms with Crippen molar-refractivity contribution >= 4 is 0 Å². The van der Waals surface area contributed by atoms with Crippen LogP contribution in [0.1, 0.15) is 33.1 Å². The molecule has 0 aromatic rings. The van der Waals surface area contributed by atoms with Crippen molar-refractivity contribution in [1.82, 2.24) is 0 Å². The molecule has 0 amide bonds. The van der Waals surface area contributed by atoms with Crippen molar-refractivity contribution in [2.75, 3.05) is 13.2 Å². The van der Waals surface area contributed by atoms with Crippen LogP contribution in [0, 0.1) is 0 Å². The van der Waals surface area contributed by atoms with Gasteiger partial charge in [-0.25, -0.2) is 0 Å². The molecule has 0 saturated carbocycles. The molecule has 3 heteroatoms. The lowest BCUT2D eigenvalue weighted by atomic mass is 10.2. The summed E-state index contributed by atoms with van der Waals surface area (Å²) in [5, 5.41) is 8.57. The Morgan fingerprint density at radius 1 is 1.42 bits per heavy atom. The van der Waals surface area contributed by atoms with E-state index in [0.29, 0.717) is 6.61 Å². The molecule has 1 heterocycles. The van der Waals surface area contributed by atoms with E-state index in [1.165, 1.54) is 0 Å². The van der Waals surface area contributed by atoms with E-state index < -0.39 is 5.79 Å². The zero-order valence-corrected chi connectivity index (χ0v) is 7.88. The minimum atomic E-state index is -0.399. The van der Waals surface area contributed by atoms with Gasteiger partial charge in [0.2, 0.25) is 0 Å². The molecule has 0 aromatic carbocycles. The highest BCUT2D eigenvalue weighted by atomic mass is 16.7. The van der Waals surface area contributed by atoms with Crippen molar-refractivity contribution < 1.29 is 14.6 Å². The number of rotatable bonds is 4. The number of aliphatic hydroxyl groups is 1. The number of hydrogen-bond donors (Lipinski definition) is 1. The van der Waals surface area contributed by atoms with Crippen LogP contribution >= 0.6 is 0 Å². The van der Waals surface area contributed by atoms with Crippen molar-refractivity contribution in [2.24, 2.45) is 0 Å². The first kappa shape index (κ1) is 9.96. The first-order valence-corrected chi connectivity index (χ1v) is 4.57. The summed E-state index contributed by atoms with van der Waals surface area (Å²) in [5.41, 5.74) is 0. The summed E-state index contributed by atoms with van der Waals surface area (Å²) in [6.07, 6.45) is 3.09. The molecular weight excluding hydrogens is 156 g/mol. The maximum Gasteiger partial charge on any atom is 0.163 e. The predicted octanol–water partition coefficient (Wildman–Crippen LogP) is 1.30. The summed E-state index contributed by atoms with van der Waals surface area (Å²) < 4.78 is 11.0. The van der Waals surface area contributed by atoms with Gasteiger partial charge in [0.15, 0.2) is 5.79 Å². The van der Waals surface area contributed by atoms with Gasteiger partial charge >= 0.3 is 0 Å². The number of aliphatic hydroxyl groups excluding tert-OH is 1. The normalized spacial score (nSPS) is 27.8. The van der Waals surface area contributed by atoms with Crippen LogP contribution in [0.3, 0.4) is 0 Å². The Balaban J connectivity index is 2.11. The summed E-state index contributed by atoms with van der Waals surface area (Å²) in [7, 11) is 0. The average molecular weight is 174 g/mol. The lowest BCUT2D eigenvalue weighted by molar-refractivity contribution is -0.139. The van der Waals surface area contributed by atoms with E-state index in [4.69, 9.17) is 14.6 Å². The predicted molar refractivity (Wildman–Crippen MR) is 45.8 cm³/mol. The second-order valence-corrected chi connectivity index (χ2v) is 3.67. The molecule has 1 fully saturated rings. The number of unbranched alkanes of at least 4 members (excludes halogenated alkanes) is 1. The van der Waals surface area contributed by atoms with Crippen LogP contribution in [0.5, 0.6) is 0 Å². The second-order valence-electron chi connectivity index (χ2n) is 3.67. The molecule has 12 heavy (non-hydrogen) atoms. The lowest BCUT2D eigenvalue weighted by Crippen LogP contribution is -2.21. The molecule has 1 aliphatic heterocycles. The van der Waals surface area contributed by atoms with Crippen LogP contribution < -0.4 is 0 Å². The third kappa shape index (κ3) is 3.09. The molecule has 3 nitrogen and oxygen atoms in total. The van der Waals surface area contributed by atoms with Gasteiger partial charge in [0.1, 0.15) is 0 Å². The van der Waals surface area contributed by atoms with Gasteiger partial charge < -0.3 is 14.6 Å². The van der Waals surface area contributed by atoms with Gasteiger partial charge in [-0.3, -0.25) is 0 Å². The van der Waals surface area contributed by atoms with E-state index in [1.54, 1.807) is 0 Å². The smallest absolute Gasteiger partial charge is 0.163 e. The van der Waals surface area contributed by atoms with Gasteiger partial charge in [0.25, 0.3) is 0 Å². The Morgan fingerprint density at radius 3 is 2.67 bits per heavy atom. The average Bonchev–Trinajstić information content (AvgIpc) is 2.31. The number of ether oxygens (including phenoxy) is 2. The molecule has 1 atom stereocenters. The van der Waals surface area contributed by atoms with Crippen LogP contribution in [0.2, 0.25) is 0 Å². The van der Waals surface area contributed by atoms with Crippen LogP contribution in [-0.2, 0) is 9.47 Å². The topological polar surface area (TPSA) is 38.7 Å². The van der Waals surface area contributed by atoms with Crippen LogP contribution in [0.25, 0.3) is 0 Å². The van der Waals surface area contributed by atoms with Crippen LogP contribution in [-0.4, -0.2) is 30.2 Å². The molecule has 0 radical (unpaired) electrons. The maximum atomic E-state index is 8.57. The van der Waals surface area contributed by atoms with E-state index in [-0.39, 0.29) is 12.7 Å². The summed E-state index contributed by atoms with van der Waals surface area (Å²) in [4.78, 5) is 0. The Kier molecular flexibility index (Phi) is 3.50. The summed E-state index contributed by atoms with van der Waals surface area (Å²) >= 11 is 0. The monoisotopic (exact) mass is 174 g/mol. The van der Waals surface area contributed by atoms with E-state index in [0.717, 1.165) is 19.3 Å². The highest BCUT2D eigenvalue weighted by molar-refractivity contribution is 4.70. The standard InChI is InChI=1S/C9H18O3/c1-9(2)11-7-8(12-9)5-3-4-6-10/h8,10H,3-7H2,1-2H3/t8-/m1/s1. The first-order chi connectivity index (χ1) is 5.64. The molecule has 0 unspecified atom stereocenters. The van der Waals surface area contributed by atoms with E-state index in [1.807, 2.05) is 13.8 Å². The van der Waals surface area contributed by atoms with Crippen molar-refractivity contribution in [2.45, 2.75) is 45.0 Å². The molecule has 1 rings (SSSR count). The van der Waals surface area contributed by atoms with Crippen molar-refractivity contribution in [1.29, 1.82) is 0 Å². The molecule has 72 valence electrons. The largest absolute Gasteiger partial charge is 0.396 e. The summed E-state index contributed by atoms with van der Waals surface area (Å²) in [6.45, 7) is 4.83. The second kappa shape index (κ2) is 4.21. The molecule has 1 saturated heterocycles. The van der Waals surface area contributed by atoms with E-state index in [2.05, 4.69) is 0 Å². The van der Waals surface area contributed by atoms with Gasteiger partial charge in [0, 0.05) is 6.61 Å². The molecule has 0 bridgehead atoms. The molecule has 0 spiro atoms. The Hall–Kier alpha value is -0.120. The third-order valence-electron chi connectivity index (χ3n) is 2.00. The van der Waals surface area contributed by atoms with Gasteiger partial charge in [-0.2, -0.15) is 0 Å². The molecular formula is C9H18O3. The van der Waals surface area contributed by atoms with Crippen molar-refractivity contribution in [3.05, 3.63) is 0 Å². The van der Waals surface area contributed by atoms with Gasteiger partial charge in [-0.1, -0.05) is 0 Å². The molecule has 0 aliphatic carbocycles. The molecule has 1 aliphatic rings. The highest BCUT2D eigenvalue weighted by Crippen LogP contribution is 2.24. The first-order valence-electron chi connectivity index (χ1n) is 4.57. The van der Waals surface area contributed by atoms with E-state index in [9.17, 15) is 0 Å². The molecule has 1 N–H and O–H groups in total. The Bertz CT molecular complexity index is 134. The van der Waals surface area contributed by atoms with Gasteiger partial charge in [-0.15, -0.1) is 0 Å². The van der Waals surface area contributed by atoms with Crippen molar-refractivity contribution in [3.8, 4) is 0 Å². The van der Waals surface area contributed by atoms with Crippen molar-refractivity contribution in [3.63, 3.8) is 0 Å². The fourth-order valence-corrected chi connectivity index (χ4v) is 1.39. The minimum Gasteiger partial charge on any atom is -0.396 e. The summed E-state index contributed by atoms with van der Waals surface area (Å²) in [6, 6.07) is 0. The van der Waals surface area contributed by atoms with Crippen LogP contribution in [0.4, 0.5) is 0 Å². The maximum absolute atomic E-state index is 8.57. The van der Waals surface area contributed by atoms with E-state index >= 15 is 0 Å². The minimum absolute atomic E-state index is 0.228. The molecule has 0 aromatic heterocycles. The zero-order valence-electron chi connectivity index (χ0n) is 7.88. The highest BCUT2D eigenvalue weighted by Gasteiger charge is 2.31. The lowest BCUT2D eigenvalue weighted by Gasteiger charge is -2.16. The third-order valence-corrected chi connectivity index (χ3v) is 2.00.